The number of pyridine rings is 1. The van der Waals surface area contributed by atoms with Gasteiger partial charge in [0.2, 0.25) is 0 Å². The Kier molecular flexibility index (Phi) is 5.73. The first-order chi connectivity index (χ1) is 12.7. The predicted molar refractivity (Wildman–Crippen MR) is 101 cm³/mol. The fraction of sp³-hybridized carbons (Fsp3) is 0.300. The first-order valence-electron chi connectivity index (χ1n) is 8.79. The molecule has 2 amide bonds. The lowest BCUT2D eigenvalue weighted by Gasteiger charge is -2.18. The van der Waals surface area contributed by atoms with E-state index in [1.165, 1.54) is 0 Å². The van der Waals surface area contributed by atoms with Crippen molar-refractivity contribution < 1.29 is 9.53 Å². The molecular formula is C20H24N4O2. The Bertz CT molecular complexity index is 825. The molecule has 0 aliphatic carbocycles. The summed E-state index contributed by atoms with van der Waals surface area (Å²) in [7, 11) is 1.79. The summed E-state index contributed by atoms with van der Waals surface area (Å²) in [5.74, 6) is 0.843. The minimum atomic E-state index is -0.0948. The number of carbonyl (C=O) groups excluding carboxylic acids is 1. The summed E-state index contributed by atoms with van der Waals surface area (Å²) in [4.78, 5) is 18.4. The lowest BCUT2D eigenvalue weighted by atomic mass is 10.2. The fourth-order valence-electron chi connectivity index (χ4n) is 2.74. The largest absolute Gasteiger partial charge is 0.494 e. The summed E-state index contributed by atoms with van der Waals surface area (Å²) >= 11 is 0. The molecule has 2 heterocycles. The van der Waals surface area contributed by atoms with E-state index < -0.39 is 0 Å². The second-order valence-corrected chi connectivity index (χ2v) is 6.11. The molecule has 0 aliphatic heterocycles. The zero-order valence-corrected chi connectivity index (χ0v) is 15.2. The highest BCUT2D eigenvalue weighted by atomic mass is 16.5. The van der Waals surface area contributed by atoms with Crippen molar-refractivity contribution >= 4 is 11.7 Å². The number of amides is 2. The average Bonchev–Trinajstić information content (AvgIpc) is 3.06. The summed E-state index contributed by atoms with van der Waals surface area (Å²) in [6.45, 7) is 3.70. The average molecular weight is 352 g/mol. The number of hydrogen-bond acceptors (Lipinski definition) is 3. The second-order valence-electron chi connectivity index (χ2n) is 6.11. The quantitative estimate of drug-likeness (QED) is 0.711. The highest BCUT2D eigenvalue weighted by Crippen LogP contribution is 2.13. The van der Waals surface area contributed by atoms with Crippen LogP contribution in [0, 0.1) is 0 Å². The third-order valence-electron chi connectivity index (χ3n) is 4.07. The van der Waals surface area contributed by atoms with Crippen molar-refractivity contribution in [1.82, 2.24) is 19.6 Å². The Morgan fingerprint density at radius 3 is 2.77 bits per heavy atom. The number of ether oxygens (including phenoxy) is 1. The monoisotopic (exact) mass is 352 g/mol. The number of hydrogen-bond donors (Lipinski definition) is 1. The zero-order chi connectivity index (χ0) is 18.4. The van der Waals surface area contributed by atoms with Gasteiger partial charge in [0, 0.05) is 39.0 Å². The molecule has 6 heteroatoms. The first-order valence-corrected chi connectivity index (χ1v) is 8.79. The number of aromatic nitrogens is 2. The van der Waals surface area contributed by atoms with Crippen molar-refractivity contribution in [3.8, 4) is 5.75 Å². The molecule has 0 saturated carbocycles. The molecule has 0 radical (unpaired) electrons. The molecule has 3 rings (SSSR count). The van der Waals surface area contributed by atoms with Gasteiger partial charge in [-0.1, -0.05) is 18.2 Å². The molecule has 0 aliphatic rings. The molecule has 0 saturated heterocycles. The van der Waals surface area contributed by atoms with Gasteiger partial charge in [-0.3, -0.25) is 0 Å². The molecule has 6 nitrogen and oxygen atoms in total. The maximum Gasteiger partial charge on any atom is 0.317 e. The predicted octanol–water partition coefficient (Wildman–Crippen LogP) is 3.12. The van der Waals surface area contributed by atoms with Crippen LogP contribution in [0.3, 0.4) is 0 Å². The molecule has 0 spiro atoms. The van der Waals surface area contributed by atoms with Gasteiger partial charge < -0.3 is 19.4 Å². The van der Waals surface area contributed by atoms with Crippen molar-refractivity contribution in [2.45, 2.75) is 19.9 Å². The molecule has 0 bridgehead atoms. The van der Waals surface area contributed by atoms with Crippen molar-refractivity contribution in [3.05, 3.63) is 66.1 Å². The molecule has 136 valence electrons. The van der Waals surface area contributed by atoms with E-state index in [1.54, 1.807) is 11.9 Å². The summed E-state index contributed by atoms with van der Waals surface area (Å²) in [6.07, 6.45) is 4.66. The van der Waals surface area contributed by atoms with Crippen molar-refractivity contribution in [3.63, 3.8) is 0 Å². The normalized spacial score (nSPS) is 10.7. The van der Waals surface area contributed by atoms with E-state index in [9.17, 15) is 4.79 Å². The number of benzene rings is 1. The van der Waals surface area contributed by atoms with Gasteiger partial charge in [-0.2, -0.15) is 0 Å². The summed E-state index contributed by atoms with van der Waals surface area (Å²) < 4.78 is 7.41. The summed E-state index contributed by atoms with van der Waals surface area (Å²) in [5, 5.41) is 2.94. The molecular weight excluding hydrogens is 328 g/mol. The van der Waals surface area contributed by atoms with Crippen LogP contribution in [0.4, 0.5) is 4.79 Å². The number of carbonyl (C=O) groups is 1. The Hall–Kier alpha value is -3.02. The standard InChI is InChI=1S/C20H24N4O2/c1-3-26-18-9-7-16(8-10-18)14-23(2)20(25)21-12-11-17-15-24-13-5-4-6-19(24)22-17/h4-10,13,15H,3,11-12,14H2,1-2H3,(H,21,25). The maximum atomic E-state index is 12.2. The minimum Gasteiger partial charge on any atom is -0.494 e. The van der Waals surface area contributed by atoms with Crippen molar-refractivity contribution in [1.29, 1.82) is 0 Å². The molecule has 0 unspecified atom stereocenters. The third-order valence-corrected chi connectivity index (χ3v) is 4.07. The van der Waals surface area contributed by atoms with E-state index >= 15 is 0 Å². The molecule has 1 aromatic carbocycles. The lowest BCUT2D eigenvalue weighted by Crippen LogP contribution is -2.37. The van der Waals surface area contributed by atoms with E-state index in [4.69, 9.17) is 4.74 Å². The summed E-state index contributed by atoms with van der Waals surface area (Å²) in [5.41, 5.74) is 2.94. The third kappa shape index (κ3) is 4.53. The van der Waals surface area contributed by atoms with Gasteiger partial charge in [0.25, 0.3) is 0 Å². The van der Waals surface area contributed by atoms with Crippen LogP contribution in [0.15, 0.2) is 54.9 Å². The van der Waals surface area contributed by atoms with Crippen LogP contribution in [0.2, 0.25) is 0 Å². The van der Waals surface area contributed by atoms with E-state index in [-0.39, 0.29) is 6.03 Å². The maximum absolute atomic E-state index is 12.2. The Balaban J connectivity index is 1.46. The van der Waals surface area contributed by atoms with Gasteiger partial charge in [-0.05, 0) is 36.8 Å². The lowest BCUT2D eigenvalue weighted by molar-refractivity contribution is 0.207. The van der Waals surface area contributed by atoms with Crippen LogP contribution in [0.1, 0.15) is 18.2 Å². The topological polar surface area (TPSA) is 58.9 Å². The Morgan fingerprint density at radius 2 is 2.04 bits per heavy atom. The fourth-order valence-corrected chi connectivity index (χ4v) is 2.74. The minimum absolute atomic E-state index is 0.0948. The molecule has 1 N–H and O–H groups in total. The van der Waals surface area contributed by atoms with E-state index in [0.717, 1.165) is 22.7 Å². The SMILES string of the molecule is CCOc1ccc(CN(C)C(=O)NCCc2cn3ccccc3n2)cc1. The smallest absolute Gasteiger partial charge is 0.317 e. The molecule has 0 fully saturated rings. The second kappa shape index (κ2) is 8.38. The van der Waals surface area contributed by atoms with Crippen molar-refractivity contribution in [2.24, 2.45) is 0 Å². The first kappa shape index (κ1) is 17.8. The van der Waals surface area contributed by atoms with Gasteiger partial charge in [0.05, 0.1) is 12.3 Å². The van der Waals surface area contributed by atoms with E-state index in [0.29, 0.717) is 26.1 Å². The Labute approximate surface area is 153 Å². The number of imidazole rings is 1. The van der Waals surface area contributed by atoms with Gasteiger partial charge in [-0.15, -0.1) is 0 Å². The van der Waals surface area contributed by atoms with Gasteiger partial charge in [-0.25, -0.2) is 9.78 Å². The highest BCUT2D eigenvalue weighted by Gasteiger charge is 2.09. The molecule has 3 aromatic rings. The van der Waals surface area contributed by atoms with E-state index in [2.05, 4.69) is 10.3 Å². The van der Waals surface area contributed by atoms with E-state index in [1.807, 2.05) is 66.2 Å². The number of nitrogens with zero attached hydrogens (tertiary/aromatic N) is 3. The van der Waals surface area contributed by atoms with Crippen LogP contribution in [-0.4, -0.2) is 40.5 Å². The van der Waals surface area contributed by atoms with Crippen LogP contribution >= 0.6 is 0 Å². The van der Waals surface area contributed by atoms with Crippen LogP contribution < -0.4 is 10.1 Å². The molecule has 2 aromatic heterocycles. The van der Waals surface area contributed by atoms with Crippen LogP contribution in [0.5, 0.6) is 5.75 Å². The number of nitrogens with one attached hydrogen (secondary N) is 1. The highest BCUT2D eigenvalue weighted by molar-refractivity contribution is 5.73. The van der Waals surface area contributed by atoms with Gasteiger partial charge in [0.1, 0.15) is 11.4 Å². The van der Waals surface area contributed by atoms with Crippen molar-refractivity contribution in [2.75, 3.05) is 20.2 Å². The Morgan fingerprint density at radius 1 is 1.23 bits per heavy atom. The number of urea groups is 1. The van der Waals surface area contributed by atoms with Crippen LogP contribution in [0.25, 0.3) is 5.65 Å². The molecule has 26 heavy (non-hydrogen) atoms. The summed E-state index contributed by atoms with van der Waals surface area (Å²) in [6, 6.07) is 13.6. The zero-order valence-electron chi connectivity index (χ0n) is 15.2. The molecule has 0 atom stereocenters. The van der Waals surface area contributed by atoms with Crippen LogP contribution in [-0.2, 0) is 13.0 Å². The van der Waals surface area contributed by atoms with Gasteiger partial charge in [0.15, 0.2) is 0 Å². The number of fused-ring (bicyclic) bond motifs is 1. The number of rotatable bonds is 7. The van der Waals surface area contributed by atoms with Gasteiger partial charge >= 0.3 is 6.03 Å².